The summed E-state index contributed by atoms with van der Waals surface area (Å²) < 4.78 is 26.9. The lowest BCUT2D eigenvalue weighted by Crippen LogP contribution is -2.31. The van der Waals surface area contributed by atoms with Gasteiger partial charge in [-0.1, -0.05) is 6.08 Å². The molecule has 0 aromatic heterocycles. The predicted molar refractivity (Wildman–Crippen MR) is 88.9 cm³/mol. The summed E-state index contributed by atoms with van der Waals surface area (Å²) in [6.45, 7) is 0. The maximum absolute atomic E-state index is 13.7. The number of ketones is 1. The number of nitrogens with zero attached hydrogens (tertiary/aromatic N) is 1. The Hall–Kier alpha value is -3.02. The number of anilines is 2. The van der Waals surface area contributed by atoms with E-state index in [4.69, 9.17) is 0 Å². The Balaban J connectivity index is 2.01. The molecule has 0 saturated carbocycles. The van der Waals surface area contributed by atoms with Gasteiger partial charge in [-0.05, 0) is 48.5 Å². The Labute approximate surface area is 143 Å². The number of allylic oxidation sites excluding steroid dienone is 1. The summed E-state index contributed by atoms with van der Waals surface area (Å²) >= 11 is 0. The highest BCUT2D eigenvalue weighted by Crippen LogP contribution is 2.31. The third kappa shape index (κ3) is 3.57. The molecule has 2 aromatic carbocycles. The van der Waals surface area contributed by atoms with Crippen molar-refractivity contribution in [2.75, 3.05) is 4.90 Å². The first-order valence-corrected chi connectivity index (χ1v) is 7.70. The molecule has 0 radical (unpaired) electrons. The second-order valence-corrected chi connectivity index (χ2v) is 5.70. The molecule has 0 spiro atoms. The van der Waals surface area contributed by atoms with Gasteiger partial charge in [0.2, 0.25) is 0 Å². The largest absolute Gasteiger partial charge is 0.508 e. The number of phenols is 1. The fourth-order valence-corrected chi connectivity index (χ4v) is 2.64. The fraction of sp³-hybridized carbons (Fsp3) is 0.158. The molecular weight excluding hydrogens is 328 g/mol. The number of hydrogen-bond acceptors (Lipinski definition) is 3. The van der Waals surface area contributed by atoms with Crippen LogP contribution in [-0.2, 0) is 9.59 Å². The molecule has 25 heavy (non-hydrogen) atoms. The topological polar surface area (TPSA) is 57.6 Å². The summed E-state index contributed by atoms with van der Waals surface area (Å²) in [6.07, 6.45) is -0.681. The number of amides is 1. The quantitative estimate of drug-likeness (QED) is 0.922. The molecule has 1 N–H and O–H groups in total. The molecule has 4 nitrogen and oxygen atoms in total. The average molecular weight is 343 g/mol. The maximum Gasteiger partial charge on any atom is 0.258 e. The Morgan fingerprint density at radius 3 is 2.16 bits per heavy atom. The van der Waals surface area contributed by atoms with Crippen LogP contribution in [0.2, 0.25) is 0 Å². The molecule has 3 rings (SSSR count). The van der Waals surface area contributed by atoms with Gasteiger partial charge in [-0.15, -0.1) is 0 Å². The Morgan fingerprint density at radius 1 is 1.04 bits per heavy atom. The van der Waals surface area contributed by atoms with Gasteiger partial charge in [0.15, 0.2) is 12.0 Å². The van der Waals surface area contributed by atoms with Crippen LogP contribution in [0.1, 0.15) is 12.8 Å². The average Bonchev–Trinajstić information content (AvgIpc) is 2.61. The van der Waals surface area contributed by atoms with Crippen molar-refractivity contribution in [1.82, 2.24) is 0 Å². The molecule has 0 heterocycles. The molecule has 1 unspecified atom stereocenters. The van der Waals surface area contributed by atoms with Gasteiger partial charge < -0.3 is 5.11 Å². The van der Waals surface area contributed by atoms with Crippen LogP contribution in [0.25, 0.3) is 0 Å². The van der Waals surface area contributed by atoms with Crippen LogP contribution in [-0.4, -0.2) is 23.0 Å². The van der Waals surface area contributed by atoms with Crippen LogP contribution in [0.3, 0.4) is 0 Å². The molecular formula is C19H15F2NO3. The molecule has 1 aliphatic carbocycles. The van der Waals surface area contributed by atoms with Crippen molar-refractivity contribution in [3.05, 3.63) is 66.0 Å². The lowest BCUT2D eigenvalue weighted by atomic mass is 9.95. The summed E-state index contributed by atoms with van der Waals surface area (Å²) in [6, 6.07) is 11.2. The van der Waals surface area contributed by atoms with E-state index in [-0.39, 0.29) is 24.2 Å². The third-order valence-corrected chi connectivity index (χ3v) is 3.97. The first-order chi connectivity index (χ1) is 12.0. The number of halogens is 2. The lowest BCUT2D eigenvalue weighted by molar-refractivity contribution is -0.123. The second-order valence-electron chi connectivity index (χ2n) is 5.70. The number of alkyl halides is 1. The maximum atomic E-state index is 13.7. The molecule has 128 valence electrons. The highest BCUT2D eigenvalue weighted by atomic mass is 19.1. The molecule has 0 aliphatic heterocycles. The van der Waals surface area contributed by atoms with Gasteiger partial charge in [-0.25, -0.2) is 8.78 Å². The van der Waals surface area contributed by atoms with Crippen molar-refractivity contribution >= 4 is 23.1 Å². The van der Waals surface area contributed by atoms with Crippen molar-refractivity contribution in [3.63, 3.8) is 0 Å². The smallest absolute Gasteiger partial charge is 0.258 e. The van der Waals surface area contributed by atoms with Gasteiger partial charge in [-0.3, -0.25) is 14.5 Å². The fourth-order valence-electron chi connectivity index (χ4n) is 2.64. The van der Waals surface area contributed by atoms with E-state index in [1.165, 1.54) is 59.5 Å². The standard InChI is InChI=1S/C19H15F2NO3/c20-13-2-4-14(5-3-13)22(15-6-8-16(23)9-7-15)19(25)12-1-10-18(24)17(21)11-12/h1-9,17,23H,10-11H2. The van der Waals surface area contributed by atoms with Crippen LogP contribution >= 0.6 is 0 Å². The van der Waals surface area contributed by atoms with Crippen LogP contribution in [0.15, 0.2) is 60.2 Å². The number of Topliss-reactive ketones (excluding diaryl/α,β-unsaturated/α-hetero) is 1. The van der Waals surface area contributed by atoms with Crippen LogP contribution in [0.4, 0.5) is 20.2 Å². The van der Waals surface area contributed by atoms with Gasteiger partial charge in [0.05, 0.1) is 0 Å². The van der Waals surface area contributed by atoms with E-state index in [1.54, 1.807) is 0 Å². The molecule has 6 heteroatoms. The monoisotopic (exact) mass is 343 g/mol. The number of carbonyl (C=O) groups excluding carboxylic acids is 2. The molecule has 0 bridgehead atoms. The van der Waals surface area contributed by atoms with Gasteiger partial charge >= 0.3 is 0 Å². The molecule has 0 fully saturated rings. The van der Waals surface area contributed by atoms with Gasteiger partial charge in [-0.2, -0.15) is 0 Å². The highest BCUT2D eigenvalue weighted by Gasteiger charge is 2.29. The van der Waals surface area contributed by atoms with Gasteiger partial charge in [0.25, 0.3) is 5.91 Å². The van der Waals surface area contributed by atoms with Crippen molar-refractivity contribution in [1.29, 1.82) is 0 Å². The van der Waals surface area contributed by atoms with Crippen LogP contribution < -0.4 is 4.90 Å². The minimum atomic E-state index is -1.70. The lowest BCUT2D eigenvalue weighted by Gasteiger charge is -2.26. The van der Waals surface area contributed by atoms with E-state index >= 15 is 0 Å². The minimum Gasteiger partial charge on any atom is -0.508 e. The Bertz CT molecular complexity index is 783. The molecule has 2 aromatic rings. The number of rotatable bonds is 3. The zero-order valence-electron chi connectivity index (χ0n) is 13.2. The van der Waals surface area contributed by atoms with Crippen molar-refractivity contribution in [2.45, 2.75) is 19.0 Å². The SMILES string of the molecule is O=C1CC=C(C(=O)N(c2ccc(O)cc2)c2ccc(F)cc2)CC1F. The van der Waals surface area contributed by atoms with Crippen LogP contribution in [0, 0.1) is 5.82 Å². The van der Waals surface area contributed by atoms with E-state index in [2.05, 4.69) is 0 Å². The summed E-state index contributed by atoms with van der Waals surface area (Å²) in [5.41, 5.74) is 1.01. The molecule has 0 saturated heterocycles. The summed E-state index contributed by atoms with van der Waals surface area (Å²) in [5.74, 6) is -1.46. The van der Waals surface area contributed by atoms with E-state index in [0.29, 0.717) is 11.4 Å². The molecule has 1 amide bonds. The normalized spacial score (nSPS) is 17.1. The highest BCUT2D eigenvalue weighted by molar-refractivity contribution is 6.11. The van der Waals surface area contributed by atoms with Crippen molar-refractivity contribution in [2.24, 2.45) is 0 Å². The Kier molecular flexibility index (Phi) is 4.61. The summed E-state index contributed by atoms with van der Waals surface area (Å²) in [7, 11) is 0. The van der Waals surface area contributed by atoms with Gasteiger partial charge in [0, 0.05) is 29.8 Å². The summed E-state index contributed by atoms with van der Waals surface area (Å²) in [4.78, 5) is 25.6. The molecule has 1 atom stereocenters. The first kappa shape index (κ1) is 16.8. The number of aromatic hydroxyl groups is 1. The first-order valence-electron chi connectivity index (χ1n) is 7.70. The van der Waals surface area contributed by atoms with E-state index in [0.717, 1.165) is 0 Å². The van der Waals surface area contributed by atoms with Gasteiger partial charge in [0.1, 0.15) is 11.6 Å². The van der Waals surface area contributed by atoms with E-state index in [9.17, 15) is 23.5 Å². The Morgan fingerprint density at radius 2 is 1.60 bits per heavy atom. The number of phenolic OH excluding ortho intramolecular Hbond substituents is 1. The number of carbonyl (C=O) groups is 2. The predicted octanol–water partition coefficient (Wildman–Crippen LogP) is 3.82. The zero-order valence-corrected chi connectivity index (χ0v) is 13.2. The van der Waals surface area contributed by atoms with Crippen molar-refractivity contribution < 1.29 is 23.5 Å². The zero-order chi connectivity index (χ0) is 18.0. The van der Waals surface area contributed by atoms with E-state index in [1.807, 2.05) is 0 Å². The third-order valence-electron chi connectivity index (χ3n) is 3.97. The van der Waals surface area contributed by atoms with Crippen LogP contribution in [0.5, 0.6) is 5.75 Å². The number of benzene rings is 2. The number of hydrogen-bond donors (Lipinski definition) is 1. The minimum absolute atomic E-state index is 0.0292. The summed E-state index contributed by atoms with van der Waals surface area (Å²) in [5, 5.41) is 9.45. The molecule has 1 aliphatic rings. The second kappa shape index (κ2) is 6.84. The van der Waals surface area contributed by atoms with E-state index < -0.39 is 23.7 Å². The van der Waals surface area contributed by atoms with Crippen molar-refractivity contribution in [3.8, 4) is 5.75 Å².